The lowest BCUT2D eigenvalue weighted by Gasteiger charge is -2.16. The van der Waals surface area contributed by atoms with Crippen molar-refractivity contribution in [3.8, 4) is 29.3 Å². The first-order chi connectivity index (χ1) is 19.9. The molecule has 3 rings (SSSR count). The van der Waals surface area contributed by atoms with Crippen LogP contribution in [0.5, 0.6) is 29.3 Å². The summed E-state index contributed by atoms with van der Waals surface area (Å²) < 4.78 is 27.0. The maximum absolute atomic E-state index is 12.5. The molecule has 0 saturated heterocycles. The summed E-state index contributed by atoms with van der Waals surface area (Å²) in [6.45, 7) is 0.625. The Kier molecular flexibility index (Phi) is 11.9. The summed E-state index contributed by atoms with van der Waals surface area (Å²) >= 11 is 0. The minimum absolute atomic E-state index is 0.00405. The molecule has 3 aromatic rings. The summed E-state index contributed by atoms with van der Waals surface area (Å²) in [6, 6.07) is 4.00. The summed E-state index contributed by atoms with van der Waals surface area (Å²) in [5.74, 6) is 2.10. The van der Waals surface area contributed by atoms with E-state index in [1.165, 1.54) is 28.4 Å². The van der Waals surface area contributed by atoms with Crippen LogP contribution in [0.2, 0.25) is 0 Å². The molecule has 0 aliphatic heterocycles. The molecule has 2 heterocycles. The van der Waals surface area contributed by atoms with Gasteiger partial charge >= 0.3 is 12.0 Å². The summed E-state index contributed by atoms with van der Waals surface area (Å²) in [5, 5.41) is 3.14. The molecule has 41 heavy (non-hydrogen) atoms. The van der Waals surface area contributed by atoms with Crippen molar-refractivity contribution in [3.05, 3.63) is 29.5 Å². The van der Waals surface area contributed by atoms with Crippen LogP contribution >= 0.6 is 0 Å². The van der Waals surface area contributed by atoms with Crippen LogP contribution < -0.4 is 40.5 Å². The number of nitrogens with zero attached hydrogens (tertiary/aromatic N) is 5. The van der Waals surface area contributed by atoms with Crippen LogP contribution in [0.15, 0.2) is 18.3 Å². The number of hydrogen-bond donors (Lipinski definition) is 3. The maximum Gasteiger partial charge on any atom is 0.324 e. The largest absolute Gasteiger partial charge is 0.493 e. The Hall–Kier alpha value is -4.62. The van der Waals surface area contributed by atoms with Crippen LogP contribution in [0.25, 0.3) is 0 Å². The minimum atomic E-state index is -0.0758. The molecule has 0 atom stereocenters. The van der Waals surface area contributed by atoms with Crippen molar-refractivity contribution in [2.75, 3.05) is 58.4 Å². The minimum Gasteiger partial charge on any atom is -0.493 e. The number of anilines is 3. The molecular weight excluding hydrogens is 532 g/mol. The molecule has 0 aliphatic rings. The van der Waals surface area contributed by atoms with Gasteiger partial charge in [0.15, 0.2) is 17.3 Å². The molecule has 14 heteroatoms. The number of nitrogen functional groups attached to an aromatic ring is 2. The smallest absolute Gasteiger partial charge is 0.324 e. The van der Waals surface area contributed by atoms with Gasteiger partial charge < -0.3 is 40.5 Å². The van der Waals surface area contributed by atoms with Gasteiger partial charge in [-0.1, -0.05) is 19.3 Å². The Morgan fingerprint density at radius 1 is 0.829 bits per heavy atom. The van der Waals surface area contributed by atoms with Crippen molar-refractivity contribution in [2.45, 2.75) is 44.9 Å². The Labute approximate surface area is 239 Å². The number of carbonyl (C=O) groups excluding carboxylic acids is 1. The van der Waals surface area contributed by atoms with E-state index in [2.05, 4.69) is 30.2 Å². The number of nitrogens with two attached hydrogens (primary N) is 2. The Bertz CT molecular complexity index is 1250. The van der Waals surface area contributed by atoms with Gasteiger partial charge in [-0.3, -0.25) is 4.79 Å². The van der Waals surface area contributed by atoms with Crippen molar-refractivity contribution in [2.24, 2.45) is 0 Å². The SMILES string of the molecule is COc1nc(NCCCCCCCC(=O)COc2c(OC)cc(Cc3cnc(N)nc3N)cc2OC)nc(OC)n1. The first-order valence-corrected chi connectivity index (χ1v) is 13.2. The van der Waals surface area contributed by atoms with Crippen LogP contribution in [-0.2, 0) is 11.2 Å². The summed E-state index contributed by atoms with van der Waals surface area (Å²) in [5.41, 5.74) is 13.1. The molecule has 0 spiro atoms. The predicted molar refractivity (Wildman–Crippen MR) is 153 cm³/mol. The second kappa shape index (κ2) is 15.8. The van der Waals surface area contributed by atoms with Crippen LogP contribution in [0.3, 0.4) is 0 Å². The van der Waals surface area contributed by atoms with Gasteiger partial charge in [0.25, 0.3) is 0 Å². The van der Waals surface area contributed by atoms with E-state index in [1.807, 2.05) is 0 Å². The van der Waals surface area contributed by atoms with Crippen LogP contribution in [0.1, 0.15) is 49.7 Å². The zero-order chi connectivity index (χ0) is 29.6. The highest BCUT2D eigenvalue weighted by atomic mass is 16.5. The average Bonchev–Trinajstić information content (AvgIpc) is 2.98. The van der Waals surface area contributed by atoms with Gasteiger partial charge in [-0.2, -0.15) is 15.0 Å². The number of carbonyl (C=O) groups is 1. The van der Waals surface area contributed by atoms with Crippen molar-refractivity contribution >= 4 is 23.5 Å². The fourth-order valence-electron chi connectivity index (χ4n) is 3.97. The van der Waals surface area contributed by atoms with E-state index in [1.54, 1.807) is 18.3 Å². The highest BCUT2D eigenvalue weighted by Gasteiger charge is 2.17. The van der Waals surface area contributed by atoms with Crippen LogP contribution in [0, 0.1) is 0 Å². The average molecular weight is 571 g/mol. The first-order valence-electron chi connectivity index (χ1n) is 13.2. The molecule has 0 aliphatic carbocycles. The third-order valence-corrected chi connectivity index (χ3v) is 6.08. The third kappa shape index (κ3) is 9.51. The molecule has 0 saturated carbocycles. The maximum atomic E-state index is 12.5. The quantitative estimate of drug-likeness (QED) is 0.189. The van der Waals surface area contributed by atoms with Gasteiger partial charge in [-0.05, 0) is 30.5 Å². The van der Waals surface area contributed by atoms with Crippen LogP contribution in [0.4, 0.5) is 17.7 Å². The van der Waals surface area contributed by atoms with E-state index >= 15 is 0 Å². The topological polar surface area (TPSA) is 192 Å². The number of nitrogens with one attached hydrogen (secondary N) is 1. The number of ketones is 1. The molecule has 1 aromatic carbocycles. The van der Waals surface area contributed by atoms with E-state index in [-0.39, 0.29) is 30.4 Å². The number of Topliss-reactive ketones (excluding diaryl/α,β-unsaturated/α-hetero) is 1. The molecule has 0 fully saturated rings. The first kappa shape index (κ1) is 30.9. The van der Waals surface area contributed by atoms with Gasteiger partial charge in [-0.25, -0.2) is 4.98 Å². The number of ether oxygens (including phenoxy) is 5. The lowest BCUT2D eigenvalue weighted by molar-refractivity contribution is -0.121. The number of methoxy groups -OCH3 is 4. The number of unbranched alkanes of at least 4 members (excludes halogenated alkanes) is 4. The highest BCUT2D eigenvalue weighted by Crippen LogP contribution is 2.39. The summed E-state index contributed by atoms with van der Waals surface area (Å²) in [7, 11) is 6.03. The van der Waals surface area contributed by atoms with Gasteiger partial charge in [0.1, 0.15) is 12.4 Å². The standard InChI is InChI=1S/C27H38N8O6/c1-37-20-13-17(12-18-15-31-24(29)32-23(18)28)14-21(38-2)22(20)41-16-19(36)10-8-6-5-7-9-11-30-25-33-26(39-3)35-27(34-25)40-4/h13-15H,5-12,16H2,1-4H3,(H4,28,29,31,32)(H,30,33,34,35). The summed E-state index contributed by atoms with van der Waals surface area (Å²) in [6.07, 6.45) is 7.13. The van der Waals surface area contributed by atoms with Crippen molar-refractivity contribution in [1.29, 1.82) is 0 Å². The normalized spacial score (nSPS) is 10.6. The second-order valence-corrected chi connectivity index (χ2v) is 9.05. The zero-order valence-electron chi connectivity index (χ0n) is 23.9. The van der Waals surface area contributed by atoms with Crippen molar-refractivity contribution in [1.82, 2.24) is 24.9 Å². The van der Waals surface area contributed by atoms with E-state index in [0.717, 1.165) is 37.7 Å². The Balaban J connectivity index is 1.39. The Morgan fingerprint density at radius 2 is 1.46 bits per heavy atom. The molecule has 0 unspecified atom stereocenters. The number of benzene rings is 1. The molecule has 2 aromatic heterocycles. The molecule has 0 radical (unpaired) electrons. The fourth-order valence-corrected chi connectivity index (χ4v) is 3.97. The van der Waals surface area contributed by atoms with Crippen molar-refractivity contribution in [3.63, 3.8) is 0 Å². The van der Waals surface area contributed by atoms with Crippen LogP contribution in [-0.4, -0.2) is 72.3 Å². The van der Waals surface area contributed by atoms with Gasteiger partial charge in [0.05, 0.1) is 28.4 Å². The highest BCUT2D eigenvalue weighted by molar-refractivity contribution is 5.80. The zero-order valence-corrected chi connectivity index (χ0v) is 23.9. The van der Waals surface area contributed by atoms with E-state index in [9.17, 15) is 4.79 Å². The molecule has 222 valence electrons. The predicted octanol–water partition coefficient (Wildman–Crippen LogP) is 2.85. The van der Waals surface area contributed by atoms with E-state index in [0.29, 0.717) is 54.0 Å². The van der Waals surface area contributed by atoms with Gasteiger partial charge in [0.2, 0.25) is 17.6 Å². The van der Waals surface area contributed by atoms with E-state index in [4.69, 9.17) is 35.2 Å². The summed E-state index contributed by atoms with van der Waals surface area (Å²) in [4.78, 5) is 32.7. The monoisotopic (exact) mass is 570 g/mol. The fraction of sp³-hybridized carbons (Fsp3) is 0.481. The lowest BCUT2D eigenvalue weighted by Crippen LogP contribution is -2.12. The Morgan fingerprint density at radius 3 is 2.07 bits per heavy atom. The van der Waals surface area contributed by atoms with E-state index < -0.39 is 0 Å². The van der Waals surface area contributed by atoms with Crippen molar-refractivity contribution < 1.29 is 28.5 Å². The number of aromatic nitrogens is 5. The number of rotatable bonds is 18. The second-order valence-electron chi connectivity index (χ2n) is 9.05. The third-order valence-electron chi connectivity index (χ3n) is 6.08. The molecular formula is C27H38N8O6. The number of hydrogen-bond acceptors (Lipinski definition) is 14. The van der Waals surface area contributed by atoms with Gasteiger partial charge in [-0.15, -0.1) is 4.98 Å². The lowest BCUT2D eigenvalue weighted by atomic mass is 10.1. The molecule has 14 nitrogen and oxygen atoms in total. The molecule has 0 amide bonds. The molecule has 0 bridgehead atoms. The van der Waals surface area contributed by atoms with Gasteiger partial charge in [0, 0.05) is 31.1 Å². The molecule has 5 N–H and O–H groups in total.